The van der Waals surface area contributed by atoms with Gasteiger partial charge in [0, 0.05) is 24.7 Å². The molecule has 0 aliphatic carbocycles. The molecule has 4 nitrogen and oxygen atoms in total. The molecule has 0 bridgehead atoms. The summed E-state index contributed by atoms with van der Waals surface area (Å²) >= 11 is 1.26. The quantitative estimate of drug-likeness (QED) is 0.914. The molecular formula is C17H20FN3OS. The van der Waals surface area contributed by atoms with E-state index < -0.39 is 0 Å². The molecule has 2 aromatic rings. The SMILES string of the molecule is CCCN(C(=O)c1cnc(-c2ccccc2F)s1)C1CCNC1. The minimum atomic E-state index is -0.314. The number of nitrogens with one attached hydrogen (secondary N) is 1. The highest BCUT2D eigenvalue weighted by Gasteiger charge is 2.28. The van der Waals surface area contributed by atoms with Crippen molar-refractivity contribution < 1.29 is 9.18 Å². The fraction of sp³-hybridized carbons (Fsp3) is 0.412. The van der Waals surface area contributed by atoms with Gasteiger partial charge in [0.15, 0.2) is 0 Å². The van der Waals surface area contributed by atoms with Gasteiger partial charge in [-0.2, -0.15) is 0 Å². The van der Waals surface area contributed by atoms with Crippen LogP contribution in [0.25, 0.3) is 10.6 Å². The molecule has 23 heavy (non-hydrogen) atoms. The lowest BCUT2D eigenvalue weighted by molar-refractivity contribution is 0.0697. The molecule has 1 aromatic heterocycles. The second-order valence-corrected chi connectivity index (χ2v) is 6.69. The zero-order valence-electron chi connectivity index (χ0n) is 13.1. The molecule has 0 saturated carbocycles. The first-order valence-corrected chi connectivity index (χ1v) is 8.74. The standard InChI is InChI=1S/C17H20FN3OS/c1-2-9-21(12-7-8-19-10-12)17(22)15-11-20-16(23-15)13-5-3-4-6-14(13)18/h3-6,11-12,19H,2,7-10H2,1H3. The lowest BCUT2D eigenvalue weighted by atomic mass is 10.2. The van der Waals surface area contributed by atoms with Gasteiger partial charge in [0.25, 0.3) is 5.91 Å². The summed E-state index contributed by atoms with van der Waals surface area (Å²) in [5, 5.41) is 3.85. The van der Waals surface area contributed by atoms with E-state index in [1.54, 1.807) is 24.4 Å². The number of hydrogen-bond donors (Lipinski definition) is 1. The van der Waals surface area contributed by atoms with Crippen LogP contribution >= 0.6 is 11.3 Å². The Morgan fingerprint density at radius 1 is 1.48 bits per heavy atom. The predicted molar refractivity (Wildman–Crippen MR) is 90.1 cm³/mol. The second-order valence-electron chi connectivity index (χ2n) is 5.65. The van der Waals surface area contributed by atoms with Gasteiger partial charge in [-0.1, -0.05) is 19.1 Å². The summed E-state index contributed by atoms with van der Waals surface area (Å²) in [6, 6.07) is 6.75. The van der Waals surface area contributed by atoms with Crippen LogP contribution in [0.1, 0.15) is 29.4 Å². The molecule has 1 amide bonds. The average Bonchev–Trinajstić information content (AvgIpc) is 3.24. The fourth-order valence-corrected chi connectivity index (χ4v) is 3.77. The maximum absolute atomic E-state index is 13.9. The second kappa shape index (κ2) is 7.19. The van der Waals surface area contributed by atoms with Crippen LogP contribution in [-0.2, 0) is 0 Å². The van der Waals surface area contributed by atoms with E-state index in [1.165, 1.54) is 17.4 Å². The van der Waals surface area contributed by atoms with E-state index >= 15 is 0 Å². The molecule has 1 fully saturated rings. The van der Waals surface area contributed by atoms with Crippen molar-refractivity contribution in [2.45, 2.75) is 25.8 Å². The number of thiazole rings is 1. The van der Waals surface area contributed by atoms with Gasteiger partial charge < -0.3 is 10.2 Å². The Kier molecular flexibility index (Phi) is 5.03. The molecule has 0 radical (unpaired) electrons. The van der Waals surface area contributed by atoms with Crippen molar-refractivity contribution in [3.8, 4) is 10.6 Å². The molecule has 1 saturated heterocycles. The van der Waals surface area contributed by atoms with E-state index in [9.17, 15) is 9.18 Å². The van der Waals surface area contributed by atoms with Gasteiger partial charge in [-0.25, -0.2) is 9.37 Å². The highest BCUT2D eigenvalue weighted by Crippen LogP contribution is 2.28. The van der Waals surface area contributed by atoms with Gasteiger partial charge in [-0.15, -0.1) is 11.3 Å². The van der Waals surface area contributed by atoms with Crippen LogP contribution < -0.4 is 5.32 Å². The summed E-state index contributed by atoms with van der Waals surface area (Å²) in [4.78, 5) is 19.6. The third-order valence-corrected chi connectivity index (χ3v) is 5.04. The van der Waals surface area contributed by atoms with Crippen molar-refractivity contribution in [2.24, 2.45) is 0 Å². The summed E-state index contributed by atoms with van der Waals surface area (Å²) in [5.74, 6) is -0.313. The zero-order chi connectivity index (χ0) is 16.2. The van der Waals surface area contributed by atoms with E-state index in [0.29, 0.717) is 15.4 Å². The molecule has 1 aliphatic heterocycles. The third-order valence-electron chi connectivity index (χ3n) is 4.02. The maximum atomic E-state index is 13.9. The Bertz CT molecular complexity index is 682. The smallest absolute Gasteiger partial charge is 0.265 e. The topological polar surface area (TPSA) is 45.2 Å². The number of nitrogens with zero attached hydrogens (tertiary/aromatic N) is 2. The molecule has 1 unspecified atom stereocenters. The molecular weight excluding hydrogens is 313 g/mol. The lowest BCUT2D eigenvalue weighted by Crippen LogP contribution is -2.41. The van der Waals surface area contributed by atoms with Crippen LogP contribution in [0, 0.1) is 5.82 Å². The average molecular weight is 333 g/mol. The molecule has 122 valence electrons. The van der Waals surface area contributed by atoms with Gasteiger partial charge >= 0.3 is 0 Å². The highest BCUT2D eigenvalue weighted by molar-refractivity contribution is 7.16. The Morgan fingerprint density at radius 3 is 3.00 bits per heavy atom. The minimum absolute atomic E-state index is 0.000592. The van der Waals surface area contributed by atoms with Gasteiger partial charge in [0.2, 0.25) is 0 Å². The first-order chi connectivity index (χ1) is 11.2. The number of halogens is 1. The van der Waals surface area contributed by atoms with E-state index in [-0.39, 0.29) is 17.8 Å². The first-order valence-electron chi connectivity index (χ1n) is 7.93. The molecule has 1 aliphatic rings. The summed E-state index contributed by atoms with van der Waals surface area (Å²) in [5.41, 5.74) is 0.445. The van der Waals surface area contributed by atoms with Crippen molar-refractivity contribution >= 4 is 17.2 Å². The molecule has 1 aromatic carbocycles. The van der Waals surface area contributed by atoms with Gasteiger partial charge in [-0.05, 0) is 31.5 Å². The number of carbonyl (C=O) groups is 1. The zero-order valence-corrected chi connectivity index (χ0v) is 13.9. The van der Waals surface area contributed by atoms with Gasteiger partial charge in [0.05, 0.1) is 6.20 Å². The van der Waals surface area contributed by atoms with Crippen molar-refractivity contribution in [2.75, 3.05) is 19.6 Å². The minimum Gasteiger partial charge on any atom is -0.334 e. The Labute approximate surface area is 139 Å². The van der Waals surface area contributed by atoms with E-state index in [4.69, 9.17) is 0 Å². The maximum Gasteiger partial charge on any atom is 0.265 e. The number of hydrogen-bond acceptors (Lipinski definition) is 4. The van der Waals surface area contributed by atoms with Crippen LogP contribution in [0.4, 0.5) is 4.39 Å². The fourth-order valence-electron chi connectivity index (χ4n) is 2.87. The van der Waals surface area contributed by atoms with Crippen molar-refractivity contribution in [3.63, 3.8) is 0 Å². The van der Waals surface area contributed by atoms with Crippen LogP contribution in [0.2, 0.25) is 0 Å². The monoisotopic (exact) mass is 333 g/mol. The molecule has 1 N–H and O–H groups in total. The summed E-state index contributed by atoms with van der Waals surface area (Å²) in [6.45, 7) is 4.59. The molecule has 1 atom stereocenters. The molecule has 2 heterocycles. The highest BCUT2D eigenvalue weighted by atomic mass is 32.1. The number of rotatable bonds is 5. The van der Waals surface area contributed by atoms with E-state index in [0.717, 1.165) is 32.5 Å². The lowest BCUT2D eigenvalue weighted by Gasteiger charge is -2.27. The Morgan fingerprint density at radius 2 is 2.30 bits per heavy atom. The molecule has 3 rings (SSSR count). The third kappa shape index (κ3) is 3.43. The number of benzene rings is 1. The Hall–Kier alpha value is -1.79. The normalized spacial score (nSPS) is 17.4. The van der Waals surface area contributed by atoms with Crippen LogP contribution in [-0.4, -0.2) is 41.5 Å². The Balaban J connectivity index is 1.83. The number of aromatic nitrogens is 1. The summed E-state index contributed by atoms with van der Waals surface area (Å²) in [6.07, 6.45) is 3.46. The van der Waals surface area contributed by atoms with E-state index in [2.05, 4.69) is 17.2 Å². The predicted octanol–water partition coefficient (Wildman–Crippen LogP) is 3.16. The summed E-state index contributed by atoms with van der Waals surface area (Å²) in [7, 11) is 0. The molecule has 6 heteroatoms. The van der Waals surface area contributed by atoms with Crippen LogP contribution in [0.5, 0.6) is 0 Å². The summed E-state index contributed by atoms with van der Waals surface area (Å²) < 4.78 is 13.9. The largest absolute Gasteiger partial charge is 0.334 e. The van der Waals surface area contributed by atoms with Crippen molar-refractivity contribution in [3.05, 3.63) is 41.2 Å². The first kappa shape index (κ1) is 16.1. The van der Waals surface area contributed by atoms with Gasteiger partial charge in [0.1, 0.15) is 15.7 Å². The van der Waals surface area contributed by atoms with Crippen LogP contribution in [0.15, 0.2) is 30.5 Å². The van der Waals surface area contributed by atoms with Gasteiger partial charge in [-0.3, -0.25) is 4.79 Å². The van der Waals surface area contributed by atoms with Crippen molar-refractivity contribution in [1.29, 1.82) is 0 Å². The number of amides is 1. The molecule has 0 spiro atoms. The van der Waals surface area contributed by atoms with Crippen molar-refractivity contribution in [1.82, 2.24) is 15.2 Å². The van der Waals surface area contributed by atoms with Crippen LogP contribution in [0.3, 0.4) is 0 Å². The number of carbonyl (C=O) groups excluding carboxylic acids is 1. The van der Waals surface area contributed by atoms with E-state index in [1.807, 2.05) is 4.90 Å².